The third kappa shape index (κ3) is 4.89. The second-order valence-electron chi connectivity index (χ2n) is 7.87. The van der Waals surface area contributed by atoms with Crippen molar-refractivity contribution in [1.29, 1.82) is 0 Å². The van der Waals surface area contributed by atoms with E-state index in [1.54, 1.807) is 20.8 Å². The molecule has 30 heavy (non-hydrogen) atoms. The SMILES string of the molecule is CC(C)(C)OC(=O)N[C@@H](NC(=O)OCC1c2ccccc2-c2ccccc21)C(=O)[O-]. The molecule has 0 bridgehead atoms. The van der Waals surface area contributed by atoms with Crippen molar-refractivity contribution in [2.75, 3.05) is 6.61 Å². The van der Waals surface area contributed by atoms with Crippen molar-refractivity contribution >= 4 is 18.2 Å². The molecule has 0 aromatic heterocycles. The summed E-state index contributed by atoms with van der Waals surface area (Å²) >= 11 is 0. The van der Waals surface area contributed by atoms with Crippen LogP contribution in [0.2, 0.25) is 0 Å². The van der Waals surface area contributed by atoms with Gasteiger partial charge in [-0.15, -0.1) is 0 Å². The Bertz CT molecular complexity index is 921. The quantitative estimate of drug-likeness (QED) is 0.728. The number of ether oxygens (including phenoxy) is 2. The first-order chi connectivity index (χ1) is 14.2. The van der Waals surface area contributed by atoms with Crippen molar-refractivity contribution in [3.8, 4) is 11.1 Å². The average molecular weight is 411 g/mol. The van der Waals surface area contributed by atoms with Gasteiger partial charge in [0.25, 0.3) is 0 Å². The number of aliphatic carboxylic acids is 1. The maximum atomic E-state index is 12.2. The van der Waals surface area contributed by atoms with Crippen LogP contribution in [-0.4, -0.2) is 36.5 Å². The van der Waals surface area contributed by atoms with Crippen molar-refractivity contribution in [1.82, 2.24) is 10.6 Å². The first-order valence-corrected chi connectivity index (χ1v) is 9.47. The van der Waals surface area contributed by atoms with Crippen LogP contribution in [0.5, 0.6) is 0 Å². The standard InChI is InChI=1S/C22H24N2O6/c1-22(2,3)30-21(28)24-18(19(25)26)23-20(27)29-12-17-15-10-6-4-8-13(15)14-9-5-7-11-16(14)17/h4-11,17-18H,12H2,1-3H3,(H,23,27)(H,24,28)(H,25,26)/p-1/t18-/m1/s1. The summed E-state index contributed by atoms with van der Waals surface area (Å²) in [6, 6.07) is 15.7. The van der Waals surface area contributed by atoms with Crippen LogP contribution in [0.15, 0.2) is 48.5 Å². The normalized spacial score (nSPS) is 13.6. The lowest BCUT2D eigenvalue weighted by Crippen LogP contribution is -2.58. The number of hydrogen-bond donors (Lipinski definition) is 2. The molecule has 0 spiro atoms. The Morgan fingerprint density at radius 3 is 1.93 bits per heavy atom. The van der Waals surface area contributed by atoms with E-state index >= 15 is 0 Å². The Hall–Kier alpha value is -3.55. The summed E-state index contributed by atoms with van der Waals surface area (Å²) in [6.45, 7) is 4.88. The lowest BCUT2D eigenvalue weighted by atomic mass is 9.98. The van der Waals surface area contributed by atoms with Gasteiger partial charge >= 0.3 is 12.2 Å². The van der Waals surface area contributed by atoms with E-state index in [0.29, 0.717) is 0 Å². The maximum absolute atomic E-state index is 12.2. The van der Waals surface area contributed by atoms with Crippen LogP contribution in [0.1, 0.15) is 37.8 Å². The van der Waals surface area contributed by atoms with Crippen LogP contribution < -0.4 is 15.7 Å². The van der Waals surface area contributed by atoms with Crippen molar-refractivity contribution in [3.63, 3.8) is 0 Å². The molecule has 2 N–H and O–H groups in total. The van der Waals surface area contributed by atoms with E-state index in [1.165, 1.54) is 0 Å². The zero-order chi connectivity index (χ0) is 21.9. The second-order valence-corrected chi connectivity index (χ2v) is 7.87. The number of benzene rings is 2. The molecule has 8 nitrogen and oxygen atoms in total. The summed E-state index contributed by atoms with van der Waals surface area (Å²) in [5.41, 5.74) is 3.36. The molecule has 1 aliphatic rings. The number of carboxylic acids is 1. The van der Waals surface area contributed by atoms with Gasteiger partial charge < -0.3 is 19.4 Å². The molecule has 1 atom stereocenters. The van der Waals surface area contributed by atoms with Crippen LogP contribution in [0.3, 0.4) is 0 Å². The van der Waals surface area contributed by atoms with Gasteiger partial charge in [-0.1, -0.05) is 48.5 Å². The van der Waals surface area contributed by atoms with Gasteiger partial charge in [0.1, 0.15) is 18.4 Å². The molecule has 0 aliphatic heterocycles. The Balaban J connectivity index is 1.64. The maximum Gasteiger partial charge on any atom is 0.409 e. The fourth-order valence-corrected chi connectivity index (χ4v) is 3.34. The van der Waals surface area contributed by atoms with Gasteiger partial charge in [-0.2, -0.15) is 0 Å². The highest BCUT2D eigenvalue weighted by atomic mass is 16.6. The third-order valence-electron chi connectivity index (χ3n) is 4.50. The van der Waals surface area contributed by atoms with Crippen LogP contribution in [-0.2, 0) is 14.3 Å². The molecule has 158 valence electrons. The zero-order valence-electron chi connectivity index (χ0n) is 16.9. The van der Waals surface area contributed by atoms with Gasteiger partial charge in [-0.25, -0.2) is 9.59 Å². The van der Waals surface area contributed by atoms with E-state index in [9.17, 15) is 19.5 Å². The zero-order valence-corrected chi connectivity index (χ0v) is 16.9. The molecule has 8 heteroatoms. The number of carbonyl (C=O) groups excluding carboxylic acids is 3. The van der Waals surface area contributed by atoms with Crippen LogP contribution in [0.25, 0.3) is 11.1 Å². The van der Waals surface area contributed by atoms with Crippen LogP contribution in [0.4, 0.5) is 9.59 Å². The van der Waals surface area contributed by atoms with Gasteiger partial charge in [0.05, 0.1) is 5.97 Å². The average Bonchev–Trinajstić information content (AvgIpc) is 2.98. The Morgan fingerprint density at radius 2 is 1.43 bits per heavy atom. The fraction of sp³-hybridized carbons (Fsp3) is 0.318. The topological polar surface area (TPSA) is 117 Å². The van der Waals surface area contributed by atoms with Crippen molar-refractivity contribution in [2.24, 2.45) is 0 Å². The van der Waals surface area contributed by atoms with E-state index in [-0.39, 0.29) is 12.5 Å². The fourth-order valence-electron chi connectivity index (χ4n) is 3.34. The van der Waals surface area contributed by atoms with Gasteiger partial charge in [0.2, 0.25) is 0 Å². The first kappa shape index (κ1) is 21.2. The van der Waals surface area contributed by atoms with E-state index in [2.05, 4.69) is 5.32 Å². The molecular weight excluding hydrogens is 388 g/mol. The van der Waals surface area contributed by atoms with Crippen molar-refractivity contribution in [2.45, 2.75) is 38.5 Å². The number of fused-ring (bicyclic) bond motifs is 3. The molecular formula is C22H23N2O6-. The third-order valence-corrected chi connectivity index (χ3v) is 4.50. The molecule has 0 saturated heterocycles. The molecule has 0 heterocycles. The predicted octanol–water partition coefficient (Wildman–Crippen LogP) is 2.13. The first-order valence-electron chi connectivity index (χ1n) is 9.47. The molecule has 0 saturated carbocycles. The number of carbonyl (C=O) groups is 3. The predicted molar refractivity (Wildman–Crippen MR) is 106 cm³/mol. The van der Waals surface area contributed by atoms with E-state index < -0.39 is 29.9 Å². The lowest BCUT2D eigenvalue weighted by molar-refractivity contribution is -0.309. The van der Waals surface area contributed by atoms with Crippen molar-refractivity contribution in [3.05, 3.63) is 59.7 Å². The van der Waals surface area contributed by atoms with Gasteiger partial charge in [-0.05, 0) is 43.0 Å². The largest absolute Gasteiger partial charge is 0.546 e. The van der Waals surface area contributed by atoms with Crippen LogP contribution in [0, 0.1) is 0 Å². The molecule has 2 aromatic carbocycles. The molecule has 2 aromatic rings. The summed E-state index contributed by atoms with van der Waals surface area (Å²) in [4.78, 5) is 35.2. The number of carboxylic acid groups (broad SMARTS) is 1. The second kappa shape index (κ2) is 8.44. The molecule has 3 rings (SSSR count). The summed E-state index contributed by atoms with van der Waals surface area (Å²) in [5.74, 6) is -1.88. The monoisotopic (exact) mass is 411 g/mol. The smallest absolute Gasteiger partial charge is 0.409 e. The Labute approximate surface area is 174 Å². The minimum Gasteiger partial charge on any atom is -0.546 e. The molecule has 2 amide bonds. The minimum atomic E-state index is -1.80. The number of hydrogen-bond acceptors (Lipinski definition) is 6. The lowest BCUT2D eigenvalue weighted by Gasteiger charge is -2.24. The highest BCUT2D eigenvalue weighted by Crippen LogP contribution is 2.44. The van der Waals surface area contributed by atoms with Gasteiger partial charge in [-0.3, -0.25) is 10.6 Å². The van der Waals surface area contributed by atoms with E-state index in [4.69, 9.17) is 9.47 Å². The molecule has 0 unspecified atom stereocenters. The van der Waals surface area contributed by atoms with E-state index in [1.807, 2.05) is 53.8 Å². The number of nitrogens with one attached hydrogen (secondary N) is 2. The van der Waals surface area contributed by atoms with E-state index in [0.717, 1.165) is 22.3 Å². The number of amides is 2. The molecule has 0 radical (unpaired) electrons. The van der Waals surface area contributed by atoms with Gasteiger partial charge in [0.15, 0.2) is 0 Å². The number of alkyl carbamates (subject to hydrolysis) is 2. The number of rotatable bonds is 5. The Kier molecular flexibility index (Phi) is 5.96. The van der Waals surface area contributed by atoms with Crippen LogP contribution >= 0.6 is 0 Å². The summed E-state index contributed by atoms with van der Waals surface area (Å²) in [5, 5.41) is 15.4. The summed E-state index contributed by atoms with van der Waals surface area (Å²) < 4.78 is 10.3. The Morgan fingerprint density at radius 1 is 0.933 bits per heavy atom. The van der Waals surface area contributed by atoms with Crippen molar-refractivity contribution < 1.29 is 29.0 Å². The van der Waals surface area contributed by atoms with Gasteiger partial charge in [0, 0.05) is 5.92 Å². The highest BCUT2D eigenvalue weighted by molar-refractivity contribution is 5.83. The minimum absolute atomic E-state index is 0.00602. The summed E-state index contributed by atoms with van der Waals surface area (Å²) in [7, 11) is 0. The molecule has 1 aliphatic carbocycles. The summed E-state index contributed by atoms with van der Waals surface area (Å²) in [6.07, 6.45) is -3.80. The highest BCUT2D eigenvalue weighted by Gasteiger charge is 2.29. The molecule has 0 fully saturated rings.